The molecule has 156 valence electrons. The molecule has 0 aromatic heterocycles. The van der Waals surface area contributed by atoms with Crippen LogP contribution in [0.25, 0.3) is 0 Å². The largest absolute Gasteiger partial charge is 0.393 e. The van der Waals surface area contributed by atoms with Crippen LogP contribution in [0.5, 0.6) is 0 Å². The van der Waals surface area contributed by atoms with Crippen molar-refractivity contribution in [3.8, 4) is 0 Å². The molecule has 2 N–H and O–H groups in total. The Labute approximate surface area is 171 Å². The molecule has 0 amide bonds. The topological polar surface area (TPSA) is 41.5 Å². The predicted octanol–water partition coefficient (Wildman–Crippen LogP) is 4.47. The van der Waals surface area contributed by atoms with Crippen molar-refractivity contribution in [1.82, 2.24) is 5.32 Å². The molecule has 0 aromatic carbocycles. The van der Waals surface area contributed by atoms with E-state index in [0.717, 1.165) is 50.4 Å². The average Bonchev–Trinajstić information content (AvgIpc) is 2.94. The van der Waals surface area contributed by atoms with Gasteiger partial charge in [-0.15, -0.1) is 0 Å². The molecule has 0 bridgehead atoms. The second-order valence-electron chi connectivity index (χ2n) is 11.1. The highest BCUT2D eigenvalue weighted by Gasteiger charge is 2.59. The number of rotatable bonds is 1. The fourth-order valence-corrected chi connectivity index (χ4v) is 8.41. The highest BCUT2D eigenvalue weighted by atomic mass is 16.5. The van der Waals surface area contributed by atoms with E-state index in [1.54, 1.807) is 16.7 Å². The highest BCUT2D eigenvalue weighted by molar-refractivity contribution is 5.37. The number of ether oxygens (including phenoxy) is 1. The van der Waals surface area contributed by atoms with Crippen LogP contribution >= 0.6 is 0 Å². The highest BCUT2D eigenvalue weighted by Crippen LogP contribution is 2.67. The zero-order chi connectivity index (χ0) is 19.7. The fraction of sp³-hybridized carbons (Fsp3) is 0.840. The normalized spacial score (nSPS) is 51.2. The molecule has 0 aromatic rings. The van der Waals surface area contributed by atoms with Gasteiger partial charge in [-0.3, -0.25) is 0 Å². The van der Waals surface area contributed by atoms with Crippen molar-refractivity contribution in [1.29, 1.82) is 0 Å². The van der Waals surface area contributed by atoms with Gasteiger partial charge in [0.15, 0.2) is 0 Å². The Kier molecular flexibility index (Phi) is 4.61. The van der Waals surface area contributed by atoms with E-state index in [-0.39, 0.29) is 6.10 Å². The Bertz CT molecular complexity index is 705. The van der Waals surface area contributed by atoms with E-state index in [1.807, 2.05) is 0 Å². The van der Waals surface area contributed by atoms with Crippen LogP contribution in [0.15, 0.2) is 22.8 Å². The number of morpholine rings is 1. The zero-order valence-corrected chi connectivity index (χ0v) is 18.3. The van der Waals surface area contributed by atoms with Gasteiger partial charge in [0.2, 0.25) is 0 Å². The molecular weight excluding hydrogens is 346 g/mol. The number of allylic oxidation sites excluding steroid dienone is 2. The number of aliphatic hydroxyl groups is 1. The number of hydrogen-bond donors (Lipinski definition) is 2. The maximum Gasteiger partial charge on any atom is 0.0659 e. The summed E-state index contributed by atoms with van der Waals surface area (Å²) in [6.45, 7) is 12.7. The summed E-state index contributed by atoms with van der Waals surface area (Å²) in [6.07, 6.45) is 9.49. The number of aliphatic hydroxyl groups excluding tert-OH is 1. The molecular formula is C25H39NO2. The van der Waals surface area contributed by atoms with Crippen LogP contribution < -0.4 is 5.32 Å². The molecule has 4 aliphatic carbocycles. The van der Waals surface area contributed by atoms with Crippen molar-refractivity contribution in [2.24, 2.45) is 34.5 Å². The molecule has 1 aliphatic heterocycles. The van der Waals surface area contributed by atoms with Crippen LogP contribution in [0, 0.1) is 34.5 Å². The van der Waals surface area contributed by atoms with Crippen molar-refractivity contribution in [2.75, 3.05) is 19.8 Å². The summed E-state index contributed by atoms with van der Waals surface area (Å²) in [7, 11) is 0. The molecule has 1 unspecified atom stereocenters. The van der Waals surface area contributed by atoms with Gasteiger partial charge in [-0.25, -0.2) is 0 Å². The fourth-order valence-electron chi connectivity index (χ4n) is 8.41. The molecule has 1 heterocycles. The summed E-state index contributed by atoms with van der Waals surface area (Å²) >= 11 is 0. The number of fused-ring (bicyclic) bond motifs is 5. The van der Waals surface area contributed by atoms with Crippen molar-refractivity contribution < 1.29 is 9.84 Å². The van der Waals surface area contributed by atoms with Gasteiger partial charge in [0.1, 0.15) is 0 Å². The molecule has 5 rings (SSSR count). The number of hydrogen-bond acceptors (Lipinski definition) is 3. The lowest BCUT2D eigenvalue weighted by Gasteiger charge is -2.59. The Morgan fingerprint density at radius 1 is 1.11 bits per heavy atom. The van der Waals surface area contributed by atoms with Gasteiger partial charge in [-0.2, -0.15) is 0 Å². The smallest absolute Gasteiger partial charge is 0.0659 e. The van der Waals surface area contributed by atoms with Gasteiger partial charge in [-0.05, 0) is 85.5 Å². The summed E-state index contributed by atoms with van der Waals surface area (Å²) in [5, 5.41) is 14.1. The number of nitrogens with one attached hydrogen (secondary N) is 1. The predicted molar refractivity (Wildman–Crippen MR) is 113 cm³/mol. The van der Waals surface area contributed by atoms with Crippen LogP contribution in [0.1, 0.15) is 66.2 Å². The van der Waals surface area contributed by atoms with Gasteiger partial charge < -0.3 is 15.2 Å². The maximum atomic E-state index is 10.3. The first kappa shape index (κ1) is 19.3. The van der Waals surface area contributed by atoms with Crippen LogP contribution in [-0.2, 0) is 4.74 Å². The molecule has 0 spiro atoms. The Morgan fingerprint density at radius 2 is 1.89 bits per heavy atom. The van der Waals surface area contributed by atoms with E-state index in [9.17, 15) is 5.11 Å². The van der Waals surface area contributed by atoms with E-state index < -0.39 is 0 Å². The minimum atomic E-state index is -0.115. The average molecular weight is 386 g/mol. The molecule has 5 aliphatic rings. The summed E-state index contributed by atoms with van der Waals surface area (Å²) in [6, 6.07) is 0.422. The molecule has 0 radical (unpaired) electrons. The second kappa shape index (κ2) is 6.68. The Hall–Kier alpha value is -0.640. The van der Waals surface area contributed by atoms with Crippen molar-refractivity contribution in [3.05, 3.63) is 22.8 Å². The second-order valence-corrected chi connectivity index (χ2v) is 11.1. The molecule has 2 saturated carbocycles. The van der Waals surface area contributed by atoms with E-state index in [2.05, 4.69) is 39.1 Å². The minimum absolute atomic E-state index is 0.115. The lowest BCUT2D eigenvalue weighted by atomic mass is 9.45. The first-order valence-electron chi connectivity index (χ1n) is 11.7. The van der Waals surface area contributed by atoms with Gasteiger partial charge in [-0.1, -0.05) is 38.0 Å². The van der Waals surface area contributed by atoms with Crippen LogP contribution in [0.2, 0.25) is 0 Å². The SMILES string of the molecule is CC1=C(C2COCCN2)[C@@]2(C)CC[C@H]3[C@@H]([C@@H](C)C=C4C[C@@H](O)CC[C@@]43C)[C@@H]2C1. The van der Waals surface area contributed by atoms with Crippen LogP contribution in [0.3, 0.4) is 0 Å². The van der Waals surface area contributed by atoms with Gasteiger partial charge in [0, 0.05) is 6.54 Å². The van der Waals surface area contributed by atoms with E-state index in [4.69, 9.17) is 4.74 Å². The van der Waals surface area contributed by atoms with Crippen LogP contribution in [0.4, 0.5) is 0 Å². The third-order valence-corrected chi connectivity index (χ3v) is 9.67. The van der Waals surface area contributed by atoms with Gasteiger partial charge in [0.05, 0.1) is 25.4 Å². The molecule has 1 saturated heterocycles. The first-order valence-corrected chi connectivity index (χ1v) is 11.7. The van der Waals surface area contributed by atoms with E-state index in [0.29, 0.717) is 22.8 Å². The Morgan fingerprint density at radius 3 is 2.64 bits per heavy atom. The van der Waals surface area contributed by atoms with E-state index >= 15 is 0 Å². The standard InChI is InChI=1S/C25H39NO2/c1-15-11-17-13-18(27)5-7-24(17,3)19-6-8-25(4)20(22(15)19)12-16(2)23(25)21-14-28-10-9-26-21/h11,15,18-22,26-27H,5-10,12-14H2,1-4H3/t15-,18-,19-,20-,21?,22+,24-,25-/m0/s1. The lowest BCUT2D eigenvalue weighted by molar-refractivity contribution is -0.0513. The first-order chi connectivity index (χ1) is 13.3. The molecule has 3 nitrogen and oxygen atoms in total. The lowest BCUT2D eigenvalue weighted by Crippen LogP contribution is -2.54. The van der Waals surface area contributed by atoms with Gasteiger partial charge in [0.25, 0.3) is 0 Å². The molecule has 3 heteroatoms. The quantitative estimate of drug-likeness (QED) is 0.654. The van der Waals surface area contributed by atoms with Crippen molar-refractivity contribution in [2.45, 2.75) is 78.4 Å². The van der Waals surface area contributed by atoms with Crippen molar-refractivity contribution in [3.63, 3.8) is 0 Å². The summed E-state index contributed by atoms with van der Waals surface area (Å²) < 4.78 is 5.86. The summed E-state index contributed by atoms with van der Waals surface area (Å²) in [5.74, 6) is 2.96. The summed E-state index contributed by atoms with van der Waals surface area (Å²) in [5.41, 5.74) is 5.56. The molecule has 3 fully saturated rings. The van der Waals surface area contributed by atoms with E-state index in [1.165, 1.54) is 25.7 Å². The van der Waals surface area contributed by atoms with Crippen LogP contribution in [-0.4, -0.2) is 37.0 Å². The maximum absolute atomic E-state index is 10.3. The third kappa shape index (κ3) is 2.65. The monoisotopic (exact) mass is 385 g/mol. The third-order valence-electron chi connectivity index (χ3n) is 9.67. The summed E-state index contributed by atoms with van der Waals surface area (Å²) in [4.78, 5) is 0. The molecule has 28 heavy (non-hydrogen) atoms. The zero-order valence-electron chi connectivity index (χ0n) is 18.3. The minimum Gasteiger partial charge on any atom is -0.393 e. The molecule has 8 atom stereocenters. The van der Waals surface area contributed by atoms with Crippen molar-refractivity contribution >= 4 is 0 Å². The van der Waals surface area contributed by atoms with Gasteiger partial charge >= 0.3 is 0 Å². The Balaban J connectivity index is 1.49.